The standard InChI is InChI=1S/C23H24O2S/c1-24-20-13-12-17(14-21(20)25-2)19-15-23(16-8-4-3-5-9-16)26-22-11-7-6-10-18(19)22/h3-5,8-9,12-15,22H,6-7,10-11H2,1-2H3. The lowest BCUT2D eigenvalue weighted by molar-refractivity contribution is 0.355. The molecule has 0 saturated heterocycles. The van der Waals surface area contributed by atoms with Gasteiger partial charge in [0, 0.05) is 10.2 Å². The van der Waals surface area contributed by atoms with Crippen LogP contribution >= 0.6 is 11.8 Å². The normalized spacial score (nSPS) is 19.6. The average Bonchev–Trinajstić information content (AvgIpc) is 2.73. The summed E-state index contributed by atoms with van der Waals surface area (Å²) in [5, 5.41) is 0.590. The van der Waals surface area contributed by atoms with Gasteiger partial charge in [0.1, 0.15) is 0 Å². The first-order valence-corrected chi connectivity index (χ1v) is 10.1. The summed E-state index contributed by atoms with van der Waals surface area (Å²) in [6.45, 7) is 0. The summed E-state index contributed by atoms with van der Waals surface area (Å²) >= 11 is 2.03. The molecule has 0 radical (unpaired) electrons. The minimum absolute atomic E-state index is 0.590. The van der Waals surface area contributed by atoms with Crippen LogP contribution < -0.4 is 9.47 Å². The number of benzene rings is 2. The number of hydrogen-bond acceptors (Lipinski definition) is 3. The van der Waals surface area contributed by atoms with Gasteiger partial charge in [-0.05, 0) is 59.7 Å². The van der Waals surface area contributed by atoms with E-state index in [1.54, 1.807) is 19.8 Å². The molecule has 26 heavy (non-hydrogen) atoms. The summed E-state index contributed by atoms with van der Waals surface area (Å²) < 4.78 is 11.0. The molecular weight excluding hydrogens is 340 g/mol. The van der Waals surface area contributed by atoms with Crippen LogP contribution in [-0.4, -0.2) is 19.5 Å². The number of rotatable bonds is 4. The van der Waals surface area contributed by atoms with Crippen LogP contribution in [0.2, 0.25) is 0 Å². The number of ether oxygens (including phenoxy) is 2. The largest absolute Gasteiger partial charge is 0.493 e. The van der Waals surface area contributed by atoms with Gasteiger partial charge in [0.25, 0.3) is 0 Å². The van der Waals surface area contributed by atoms with Gasteiger partial charge in [-0.1, -0.05) is 42.8 Å². The second-order valence-corrected chi connectivity index (χ2v) is 7.98. The summed E-state index contributed by atoms with van der Waals surface area (Å²) in [7, 11) is 3.38. The van der Waals surface area contributed by atoms with Crippen LogP contribution in [0.3, 0.4) is 0 Å². The lowest BCUT2D eigenvalue weighted by atomic mass is 9.87. The van der Waals surface area contributed by atoms with Crippen molar-refractivity contribution in [2.75, 3.05) is 14.2 Å². The summed E-state index contributed by atoms with van der Waals surface area (Å²) in [6.07, 6.45) is 7.44. The number of methoxy groups -OCH3 is 2. The lowest BCUT2D eigenvalue weighted by Gasteiger charge is -2.32. The minimum atomic E-state index is 0.590. The molecule has 0 N–H and O–H groups in total. The van der Waals surface area contributed by atoms with Crippen LogP contribution in [-0.2, 0) is 0 Å². The van der Waals surface area contributed by atoms with Gasteiger partial charge in [0.05, 0.1) is 14.2 Å². The number of thioether (sulfide) groups is 1. The molecule has 134 valence electrons. The Labute approximate surface area is 159 Å². The van der Waals surface area contributed by atoms with E-state index in [1.165, 1.54) is 47.3 Å². The van der Waals surface area contributed by atoms with Crippen molar-refractivity contribution in [1.82, 2.24) is 0 Å². The molecule has 1 fully saturated rings. The molecule has 2 aliphatic rings. The van der Waals surface area contributed by atoms with Gasteiger partial charge < -0.3 is 9.47 Å². The van der Waals surface area contributed by atoms with E-state index in [2.05, 4.69) is 48.5 Å². The van der Waals surface area contributed by atoms with Crippen molar-refractivity contribution in [2.45, 2.75) is 30.9 Å². The zero-order valence-electron chi connectivity index (χ0n) is 15.3. The third-order valence-electron chi connectivity index (χ3n) is 5.19. The molecule has 1 aliphatic carbocycles. The molecule has 4 rings (SSSR count). The predicted molar refractivity (Wildman–Crippen MR) is 111 cm³/mol. The van der Waals surface area contributed by atoms with Gasteiger partial charge in [0.15, 0.2) is 11.5 Å². The minimum Gasteiger partial charge on any atom is -0.493 e. The van der Waals surface area contributed by atoms with Gasteiger partial charge >= 0.3 is 0 Å². The van der Waals surface area contributed by atoms with E-state index in [9.17, 15) is 0 Å². The third-order valence-corrected chi connectivity index (χ3v) is 6.61. The molecule has 2 nitrogen and oxygen atoms in total. The van der Waals surface area contributed by atoms with E-state index in [-0.39, 0.29) is 0 Å². The van der Waals surface area contributed by atoms with Crippen molar-refractivity contribution >= 4 is 22.2 Å². The average molecular weight is 365 g/mol. The maximum absolute atomic E-state index is 5.54. The van der Waals surface area contributed by atoms with Crippen LogP contribution in [0, 0.1) is 0 Å². The highest BCUT2D eigenvalue weighted by Gasteiger charge is 2.28. The van der Waals surface area contributed by atoms with E-state index < -0.39 is 0 Å². The van der Waals surface area contributed by atoms with Crippen molar-refractivity contribution in [3.63, 3.8) is 0 Å². The topological polar surface area (TPSA) is 18.5 Å². The Morgan fingerprint density at radius 1 is 0.885 bits per heavy atom. The van der Waals surface area contributed by atoms with Crippen molar-refractivity contribution in [2.24, 2.45) is 0 Å². The fraction of sp³-hybridized carbons (Fsp3) is 0.304. The lowest BCUT2D eigenvalue weighted by Crippen LogP contribution is -2.16. The second-order valence-electron chi connectivity index (χ2n) is 6.74. The van der Waals surface area contributed by atoms with Gasteiger partial charge in [-0.25, -0.2) is 0 Å². The Morgan fingerprint density at radius 3 is 2.46 bits per heavy atom. The first-order valence-electron chi connectivity index (χ1n) is 9.19. The summed E-state index contributed by atoms with van der Waals surface area (Å²) in [5.41, 5.74) is 5.49. The predicted octanol–water partition coefficient (Wildman–Crippen LogP) is 6.19. The quantitative estimate of drug-likeness (QED) is 0.644. The molecule has 1 aliphatic heterocycles. The highest BCUT2D eigenvalue weighted by molar-refractivity contribution is 8.09. The molecule has 0 spiro atoms. The second kappa shape index (κ2) is 7.63. The number of hydrogen-bond donors (Lipinski definition) is 0. The molecule has 1 saturated carbocycles. The van der Waals surface area contributed by atoms with Gasteiger partial charge in [-0.2, -0.15) is 0 Å². The molecule has 2 aromatic carbocycles. The van der Waals surface area contributed by atoms with Gasteiger partial charge in [-0.3, -0.25) is 0 Å². The molecule has 2 aromatic rings. The van der Waals surface area contributed by atoms with E-state index in [0.29, 0.717) is 5.25 Å². The van der Waals surface area contributed by atoms with E-state index >= 15 is 0 Å². The molecule has 0 aromatic heterocycles. The SMILES string of the molecule is COc1ccc(C2=C3CCCCC3SC(c3ccccc3)=C2)cc1OC. The monoisotopic (exact) mass is 364 g/mol. The number of allylic oxidation sites excluding steroid dienone is 2. The summed E-state index contributed by atoms with van der Waals surface area (Å²) in [6, 6.07) is 17.0. The van der Waals surface area contributed by atoms with Crippen LogP contribution in [0.15, 0.2) is 60.2 Å². The Hall–Kier alpha value is -2.13. The Kier molecular flexibility index (Phi) is 5.07. The van der Waals surface area contributed by atoms with Crippen LogP contribution in [0.25, 0.3) is 10.5 Å². The van der Waals surface area contributed by atoms with Gasteiger partial charge in [0.2, 0.25) is 0 Å². The van der Waals surface area contributed by atoms with Crippen molar-refractivity contribution in [3.8, 4) is 11.5 Å². The van der Waals surface area contributed by atoms with Crippen LogP contribution in [0.1, 0.15) is 36.8 Å². The Morgan fingerprint density at radius 2 is 1.69 bits per heavy atom. The van der Waals surface area contributed by atoms with E-state index in [1.807, 2.05) is 17.8 Å². The maximum Gasteiger partial charge on any atom is 0.161 e. The molecule has 3 heteroatoms. The molecule has 0 amide bonds. The molecule has 0 bridgehead atoms. The van der Waals surface area contributed by atoms with Crippen LogP contribution in [0.5, 0.6) is 11.5 Å². The summed E-state index contributed by atoms with van der Waals surface area (Å²) in [4.78, 5) is 1.37. The smallest absolute Gasteiger partial charge is 0.161 e. The molecular formula is C23H24O2S. The van der Waals surface area contributed by atoms with E-state index in [4.69, 9.17) is 9.47 Å². The van der Waals surface area contributed by atoms with Crippen molar-refractivity contribution < 1.29 is 9.47 Å². The molecule has 1 atom stereocenters. The maximum atomic E-state index is 5.54. The van der Waals surface area contributed by atoms with Crippen molar-refractivity contribution in [3.05, 3.63) is 71.3 Å². The van der Waals surface area contributed by atoms with Crippen molar-refractivity contribution in [1.29, 1.82) is 0 Å². The highest BCUT2D eigenvalue weighted by Crippen LogP contribution is 2.49. The fourth-order valence-corrected chi connectivity index (χ4v) is 5.29. The van der Waals surface area contributed by atoms with E-state index in [0.717, 1.165) is 11.5 Å². The summed E-state index contributed by atoms with van der Waals surface area (Å²) in [5.74, 6) is 1.57. The Bertz CT molecular complexity index is 852. The highest BCUT2D eigenvalue weighted by atomic mass is 32.2. The molecule has 1 heterocycles. The van der Waals surface area contributed by atoms with Gasteiger partial charge in [-0.15, -0.1) is 11.8 Å². The zero-order chi connectivity index (χ0) is 17.9. The Balaban J connectivity index is 1.82. The first kappa shape index (κ1) is 17.3. The zero-order valence-corrected chi connectivity index (χ0v) is 16.1. The molecule has 1 unspecified atom stereocenters. The van der Waals surface area contributed by atoms with Crippen LogP contribution in [0.4, 0.5) is 0 Å². The number of fused-ring (bicyclic) bond motifs is 1. The fourth-order valence-electron chi connectivity index (χ4n) is 3.86. The first-order chi connectivity index (χ1) is 12.8. The third kappa shape index (κ3) is 3.28.